The van der Waals surface area contributed by atoms with Crippen molar-refractivity contribution in [3.05, 3.63) is 35.1 Å². The molecule has 1 aromatic carbocycles. The number of aliphatic hydroxyl groups is 1. The lowest BCUT2D eigenvalue weighted by Crippen LogP contribution is -2.32. The third-order valence-corrected chi connectivity index (χ3v) is 4.71. The van der Waals surface area contributed by atoms with Crippen molar-refractivity contribution in [1.82, 2.24) is 0 Å². The van der Waals surface area contributed by atoms with Crippen molar-refractivity contribution in [2.45, 2.75) is 63.6 Å². The van der Waals surface area contributed by atoms with Crippen LogP contribution in [0.15, 0.2) is 18.2 Å². The molecular formula is C17H22F4O. The molecule has 0 atom stereocenters. The van der Waals surface area contributed by atoms with Crippen LogP contribution in [0.25, 0.3) is 0 Å². The number of hydrogen-bond donors (Lipinski definition) is 1. The van der Waals surface area contributed by atoms with Crippen LogP contribution in [0.3, 0.4) is 0 Å². The summed E-state index contributed by atoms with van der Waals surface area (Å²) in [4.78, 5) is 0. The molecule has 1 nitrogen and oxygen atoms in total. The van der Waals surface area contributed by atoms with Crippen molar-refractivity contribution in [1.29, 1.82) is 0 Å². The van der Waals surface area contributed by atoms with E-state index in [2.05, 4.69) is 6.92 Å². The van der Waals surface area contributed by atoms with Crippen molar-refractivity contribution in [2.24, 2.45) is 5.92 Å². The highest BCUT2D eigenvalue weighted by atomic mass is 19.4. The Bertz CT molecular complexity index is 502. The Morgan fingerprint density at radius 3 is 2.41 bits per heavy atom. The minimum atomic E-state index is -4.74. The van der Waals surface area contributed by atoms with E-state index in [4.69, 9.17) is 0 Å². The van der Waals surface area contributed by atoms with Gasteiger partial charge in [0.15, 0.2) is 0 Å². The molecule has 0 aliphatic heterocycles. The molecule has 1 aromatic rings. The maximum absolute atomic E-state index is 13.4. The van der Waals surface area contributed by atoms with Crippen molar-refractivity contribution in [3.8, 4) is 0 Å². The molecule has 124 valence electrons. The molecule has 1 aliphatic carbocycles. The van der Waals surface area contributed by atoms with E-state index in [1.807, 2.05) is 0 Å². The van der Waals surface area contributed by atoms with Gasteiger partial charge in [0.1, 0.15) is 5.82 Å². The van der Waals surface area contributed by atoms with E-state index in [0.29, 0.717) is 18.8 Å². The molecule has 0 aromatic heterocycles. The highest BCUT2D eigenvalue weighted by molar-refractivity contribution is 5.31. The molecule has 0 radical (unpaired) electrons. The van der Waals surface area contributed by atoms with Crippen molar-refractivity contribution in [2.75, 3.05) is 0 Å². The number of hydrogen-bond acceptors (Lipinski definition) is 1. The minimum Gasteiger partial charge on any atom is -0.385 e. The molecule has 0 amide bonds. The van der Waals surface area contributed by atoms with E-state index in [0.717, 1.165) is 44.2 Å². The first kappa shape index (κ1) is 17.3. The molecule has 0 heterocycles. The number of benzene rings is 1. The fraction of sp³-hybridized carbons (Fsp3) is 0.647. The fourth-order valence-corrected chi connectivity index (χ4v) is 3.26. The van der Waals surface area contributed by atoms with E-state index in [9.17, 15) is 22.7 Å². The normalized spacial score (nSPS) is 26.2. The maximum Gasteiger partial charge on any atom is 0.419 e. The summed E-state index contributed by atoms with van der Waals surface area (Å²) < 4.78 is 51.8. The van der Waals surface area contributed by atoms with Crippen LogP contribution in [0, 0.1) is 11.7 Å². The SMILES string of the molecule is CCCCC1CCC(O)(c2ccc(F)c(C(F)(F)F)c2)CC1. The lowest BCUT2D eigenvalue weighted by molar-refractivity contribution is -0.140. The largest absolute Gasteiger partial charge is 0.419 e. The Morgan fingerprint density at radius 1 is 1.23 bits per heavy atom. The second-order valence-corrected chi connectivity index (χ2v) is 6.31. The third-order valence-electron chi connectivity index (χ3n) is 4.71. The van der Waals surface area contributed by atoms with E-state index in [1.165, 1.54) is 6.07 Å². The van der Waals surface area contributed by atoms with Gasteiger partial charge in [0.05, 0.1) is 11.2 Å². The minimum absolute atomic E-state index is 0.176. The van der Waals surface area contributed by atoms with Crippen LogP contribution in [-0.4, -0.2) is 5.11 Å². The molecule has 2 rings (SSSR count). The summed E-state index contributed by atoms with van der Waals surface area (Å²) in [5.74, 6) is -0.765. The topological polar surface area (TPSA) is 20.2 Å². The van der Waals surface area contributed by atoms with Crippen LogP contribution in [-0.2, 0) is 11.8 Å². The molecule has 0 saturated heterocycles. The summed E-state index contributed by atoms with van der Waals surface area (Å²) in [5, 5.41) is 10.7. The van der Waals surface area contributed by atoms with Crippen LogP contribution in [0.2, 0.25) is 0 Å². The zero-order valence-electron chi connectivity index (χ0n) is 12.7. The first-order valence-electron chi connectivity index (χ1n) is 7.86. The van der Waals surface area contributed by atoms with Gasteiger partial charge in [-0.2, -0.15) is 13.2 Å². The van der Waals surface area contributed by atoms with E-state index >= 15 is 0 Å². The number of unbranched alkanes of at least 4 members (excludes halogenated alkanes) is 1. The van der Waals surface area contributed by atoms with Gasteiger partial charge in [-0.15, -0.1) is 0 Å². The third kappa shape index (κ3) is 3.80. The molecular weight excluding hydrogens is 296 g/mol. The van der Waals surface area contributed by atoms with Gasteiger partial charge in [-0.05, 0) is 49.3 Å². The predicted octanol–water partition coefficient (Wildman–Crippen LogP) is 5.41. The number of halogens is 4. The summed E-state index contributed by atoms with van der Waals surface area (Å²) in [5.41, 5.74) is -2.39. The highest BCUT2D eigenvalue weighted by Gasteiger charge is 2.39. The fourth-order valence-electron chi connectivity index (χ4n) is 3.26. The van der Waals surface area contributed by atoms with Gasteiger partial charge < -0.3 is 5.11 Å². The molecule has 1 N–H and O–H groups in total. The number of alkyl halides is 3. The smallest absolute Gasteiger partial charge is 0.385 e. The summed E-state index contributed by atoms with van der Waals surface area (Å²) in [6.45, 7) is 2.12. The van der Waals surface area contributed by atoms with Gasteiger partial charge in [0.2, 0.25) is 0 Å². The molecule has 1 fully saturated rings. The van der Waals surface area contributed by atoms with E-state index < -0.39 is 23.2 Å². The predicted molar refractivity (Wildman–Crippen MR) is 76.8 cm³/mol. The Morgan fingerprint density at radius 2 is 1.86 bits per heavy atom. The van der Waals surface area contributed by atoms with E-state index in [1.54, 1.807) is 0 Å². The van der Waals surface area contributed by atoms with Crippen LogP contribution in [0.1, 0.15) is 63.0 Å². The van der Waals surface area contributed by atoms with Crippen molar-refractivity contribution < 1.29 is 22.7 Å². The lowest BCUT2D eigenvalue weighted by atomic mass is 9.73. The van der Waals surface area contributed by atoms with Crippen LogP contribution >= 0.6 is 0 Å². The lowest BCUT2D eigenvalue weighted by Gasteiger charge is -2.37. The van der Waals surface area contributed by atoms with E-state index in [-0.39, 0.29) is 5.56 Å². The summed E-state index contributed by atoms with van der Waals surface area (Å²) in [6, 6.07) is 2.85. The van der Waals surface area contributed by atoms with Crippen LogP contribution in [0.5, 0.6) is 0 Å². The molecule has 1 saturated carbocycles. The Hall–Kier alpha value is -1.10. The Labute approximate surface area is 128 Å². The van der Waals surface area contributed by atoms with Crippen LogP contribution < -0.4 is 0 Å². The second kappa shape index (κ2) is 6.57. The monoisotopic (exact) mass is 318 g/mol. The van der Waals surface area contributed by atoms with Gasteiger partial charge in [-0.25, -0.2) is 4.39 Å². The second-order valence-electron chi connectivity index (χ2n) is 6.31. The van der Waals surface area contributed by atoms with Gasteiger partial charge in [-0.1, -0.05) is 32.3 Å². The quantitative estimate of drug-likeness (QED) is 0.736. The summed E-state index contributed by atoms with van der Waals surface area (Å²) in [6.07, 6.45) is 1.09. The molecule has 22 heavy (non-hydrogen) atoms. The molecule has 0 bridgehead atoms. The zero-order chi connectivity index (χ0) is 16.4. The zero-order valence-corrected chi connectivity index (χ0v) is 12.7. The van der Waals surface area contributed by atoms with Gasteiger partial charge in [0.25, 0.3) is 0 Å². The molecule has 0 unspecified atom stereocenters. The summed E-state index contributed by atoms with van der Waals surface area (Å²) >= 11 is 0. The van der Waals surface area contributed by atoms with Crippen LogP contribution in [0.4, 0.5) is 17.6 Å². The first-order valence-corrected chi connectivity index (χ1v) is 7.86. The van der Waals surface area contributed by atoms with Crippen molar-refractivity contribution in [3.63, 3.8) is 0 Å². The average molecular weight is 318 g/mol. The van der Waals surface area contributed by atoms with Gasteiger partial charge >= 0.3 is 6.18 Å². The molecule has 5 heteroatoms. The maximum atomic E-state index is 13.4. The van der Waals surface area contributed by atoms with Crippen molar-refractivity contribution >= 4 is 0 Å². The molecule has 1 aliphatic rings. The standard InChI is InChI=1S/C17H22F4O/c1-2-3-4-12-7-9-16(22,10-8-12)13-5-6-15(18)14(11-13)17(19,20)21/h5-6,11-12,22H,2-4,7-10H2,1H3. The Balaban J connectivity index is 2.15. The highest BCUT2D eigenvalue weighted by Crippen LogP contribution is 2.42. The van der Waals surface area contributed by atoms with Gasteiger partial charge in [-0.3, -0.25) is 0 Å². The number of rotatable bonds is 4. The molecule has 0 spiro atoms. The first-order chi connectivity index (χ1) is 10.3. The Kier molecular flexibility index (Phi) is 5.15. The van der Waals surface area contributed by atoms with Gasteiger partial charge in [0, 0.05) is 0 Å². The summed E-state index contributed by atoms with van der Waals surface area (Å²) in [7, 11) is 0. The average Bonchev–Trinajstić information content (AvgIpc) is 2.46.